The lowest BCUT2D eigenvalue weighted by Gasteiger charge is -2.10. The summed E-state index contributed by atoms with van der Waals surface area (Å²) in [5.41, 5.74) is -1.41. The molecule has 0 aliphatic carbocycles. The molecule has 0 bridgehead atoms. The highest BCUT2D eigenvalue weighted by Gasteiger charge is 2.31. The Labute approximate surface area is 115 Å². The maximum Gasteiger partial charge on any atom is 0.416 e. The lowest BCUT2D eigenvalue weighted by Crippen LogP contribution is -2.06. The zero-order valence-electron chi connectivity index (χ0n) is 10.2. The number of halogens is 4. The number of hydrogen-bond donors (Lipinski definition) is 1. The molecule has 0 atom stereocenters. The Morgan fingerprint density at radius 2 is 1.90 bits per heavy atom. The summed E-state index contributed by atoms with van der Waals surface area (Å²) >= 11 is 0. The zero-order valence-corrected chi connectivity index (χ0v) is 10.2. The van der Waals surface area contributed by atoms with Crippen LogP contribution in [0.3, 0.4) is 0 Å². The van der Waals surface area contributed by atoms with Crippen molar-refractivity contribution in [1.29, 1.82) is 0 Å². The molecule has 0 fully saturated rings. The molecule has 0 radical (unpaired) electrons. The van der Waals surface area contributed by atoms with Crippen LogP contribution in [-0.2, 0) is 6.18 Å². The van der Waals surface area contributed by atoms with E-state index in [1.165, 1.54) is 0 Å². The Hall–Kier alpha value is -2.64. The average Bonchev–Trinajstić information content (AvgIpc) is 2.37. The third-order valence-electron chi connectivity index (χ3n) is 2.45. The summed E-state index contributed by atoms with van der Waals surface area (Å²) in [5, 5.41) is 8.92. The van der Waals surface area contributed by atoms with E-state index in [-0.39, 0.29) is 0 Å². The second kappa shape index (κ2) is 5.39. The van der Waals surface area contributed by atoms with Crippen molar-refractivity contribution in [1.82, 2.24) is 4.98 Å². The summed E-state index contributed by atoms with van der Waals surface area (Å²) in [6.07, 6.45) is -3.74. The first-order valence-electron chi connectivity index (χ1n) is 5.51. The van der Waals surface area contributed by atoms with Crippen LogP contribution in [-0.4, -0.2) is 16.1 Å². The fourth-order valence-corrected chi connectivity index (χ4v) is 1.51. The first-order chi connectivity index (χ1) is 9.77. The number of pyridine rings is 1. The van der Waals surface area contributed by atoms with E-state index in [0.717, 1.165) is 30.5 Å². The Kier molecular flexibility index (Phi) is 3.79. The number of aromatic nitrogens is 1. The van der Waals surface area contributed by atoms with Crippen molar-refractivity contribution in [3.63, 3.8) is 0 Å². The molecule has 1 aromatic carbocycles. The summed E-state index contributed by atoms with van der Waals surface area (Å²) in [4.78, 5) is 14.5. The van der Waals surface area contributed by atoms with Gasteiger partial charge in [-0.15, -0.1) is 0 Å². The number of hydrogen-bond acceptors (Lipinski definition) is 3. The standard InChI is InChI=1S/C13H7F4NO3/c14-8-1-2-9(12(19)20)10(6-8)21-11-5-7(3-4-18-11)13(15,16)17/h1-6H,(H,19,20). The van der Waals surface area contributed by atoms with Gasteiger partial charge in [0.05, 0.1) is 5.56 Å². The number of carboxylic acid groups (broad SMARTS) is 1. The molecule has 0 aliphatic heterocycles. The number of benzene rings is 1. The van der Waals surface area contributed by atoms with Gasteiger partial charge >= 0.3 is 12.1 Å². The van der Waals surface area contributed by atoms with Crippen LogP contribution in [0.4, 0.5) is 17.6 Å². The highest BCUT2D eigenvalue weighted by molar-refractivity contribution is 5.90. The van der Waals surface area contributed by atoms with Crippen LogP contribution in [0.2, 0.25) is 0 Å². The molecule has 1 heterocycles. The van der Waals surface area contributed by atoms with Gasteiger partial charge in [0.1, 0.15) is 17.1 Å². The van der Waals surface area contributed by atoms with Gasteiger partial charge < -0.3 is 9.84 Å². The number of carboxylic acids is 1. The van der Waals surface area contributed by atoms with E-state index < -0.39 is 40.7 Å². The van der Waals surface area contributed by atoms with E-state index in [0.29, 0.717) is 6.07 Å². The molecule has 0 spiro atoms. The minimum absolute atomic E-state index is 0.393. The molecule has 2 aromatic rings. The van der Waals surface area contributed by atoms with E-state index >= 15 is 0 Å². The van der Waals surface area contributed by atoms with E-state index in [9.17, 15) is 22.4 Å². The Morgan fingerprint density at radius 3 is 2.52 bits per heavy atom. The fourth-order valence-electron chi connectivity index (χ4n) is 1.51. The van der Waals surface area contributed by atoms with Gasteiger partial charge in [-0.1, -0.05) is 0 Å². The largest absolute Gasteiger partial charge is 0.478 e. The van der Waals surface area contributed by atoms with Gasteiger partial charge in [-0.2, -0.15) is 13.2 Å². The van der Waals surface area contributed by atoms with Crippen LogP contribution in [0.15, 0.2) is 36.5 Å². The highest BCUT2D eigenvalue weighted by Crippen LogP contribution is 2.32. The van der Waals surface area contributed by atoms with Crippen LogP contribution in [0.1, 0.15) is 15.9 Å². The predicted molar refractivity (Wildman–Crippen MR) is 62.7 cm³/mol. The Balaban J connectivity index is 2.39. The molecule has 0 aliphatic rings. The van der Waals surface area contributed by atoms with Crippen molar-refractivity contribution >= 4 is 5.97 Å². The molecule has 8 heteroatoms. The van der Waals surface area contributed by atoms with Crippen LogP contribution in [0.25, 0.3) is 0 Å². The number of carbonyl (C=O) groups is 1. The number of ether oxygens (including phenoxy) is 1. The van der Waals surface area contributed by atoms with Crippen LogP contribution < -0.4 is 4.74 Å². The van der Waals surface area contributed by atoms with Gasteiger partial charge in [0.2, 0.25) is 5.88 Å². The SMILES string of the molecule is O=C(O)c1ccc(F)cc1Oc1cc(C(F)(F)F)ccn1. The van der Waals surface area contributed by atoms with Gasteiger partial charge in [-0.25, -0.2) is 14.2 Å². The molecule has 4 nitrogen and oxygen atoms in total. The van der Waals surface area contributed by atoms with E-state index in [1.807, 2.05) is 0 Å². The molecule has 0 amide bonds. The van der Waals surface area contributed by atoms with Crippen molar-refractivity contribution in [3.05, 3.63) is 53.5 Å². The van der Waals surface area contributed by atoms with Crippen molar-refractivity contribution in [2.24, 2.45) is 0 Å². The first kappa shape index (κ1) is 14.8. The fraction of sp³-hybridized carbons (Fsp3) is 0.0769. The van der Waals surface area contributed by atoms with E-state index in [4.69, 9.17) is 9.84 Å². The molecular weight excluding hydrogens is 294 g/mol. The number of nitrogens with zero attached hydrogens (tertiary/aromatic N) is 1. The molecule has 21 heavy (non-hydrogen) atoms. The number of aromatic carboxylic acids is 1. The first-order valence-corrected chi connectivity index (χ1v) is 5.51. The Bertz CT molecular complexity index is 685. The minimum Gasteiger partial charge on any atom is -0.478 e. The second-order valence-corrected chi connectivity index (χ2v) is 3.93. The van der Waals surface area contributed by atoms with Crippen LogP contribution in [0.5, 0.6) is 11.6 Å². The van der Waals surface area contributed by atoms with Crippen molar-refractivity contribution < 1.29 is 32.2 Å². The summed E-state index contributed by atoms with van der Waals surface area (Å²) < 4.78 is 55.7. The smallest absolute Gasteiger partial charge is 0.416 e. The molecule has 2 rings (SSSR count). The maximum absolute atomic E-state index is 13.1. The number of alkyl halides is 3. The number of rotatable bonds is 3. The van der Waals surface area contributed by atoms with E-state index in [1.54, 1.807) is 0 Å². The average molecular weight is 301 g/mol. The third kappa shape index (κ3) is 3.47. The lowest BCUT2D eigenvalue weighted by atomic mass is 10.2. The van der Waals surface area contributed by atoms with E-state index in [2.05, 4.69) is 4.98 Å². The summed E-state index contributed by atoms with van der Waals surface area (Å²) in [6.45, 7) is 0. The summed E-state index contributed by atoms with van der Waals surface area (Å²) in [6, 6.07) is 3.93. The van der Waals surface area contributed by atoms with Crippen molar-refractivity contribution in [2.45, 2.75) is 6.18 Å². The van der Waals surface area contributed by atoms with Crippen molar-refractivity contribution in [2.75, 3.05) is 0 Å². The van der Waals surface area contributed by atoms with Crippen LogP contribution in [0, 0.1) is 5.82 Å². The quantitative estimate of drug-likeness (QED) is 0.878. The van der Waals surface area contributed by atoms with Gasteiger partial charge in [0.25, 0.3) is 0 Å². The molecule has 0 saturated heterocycles. The van der Waals surface area contributed by atoms with Crippen LogP contribution >= 0.6 is 0 Å². The van der Waals surface area contributed by atoms with Crippen molar-refractivity contribution in [3.8, 4) is 11.6 Å². The summed E-state index contributed by atoms with van der Waals surface area (Å²) in [5.74, 6) is -3.12. The normalized spacial score (nSPS) is 11.2. The minimum atomic E-state index is -4.60. The molecule has 1 N–H and O–H groups in total. The second-order valence-electron chi connectivity index (χ2n) is 3.93. The van der Waals surface area contributed by atoms with Gasteiger partial charge in [-0.3, -0.25) is 0 Å². The zero-order chi connectivity index (χ0) is 15.6. The van der Waals surface area contributed by atoms with Gasteiger partial charge in [0, 0.05) is 18.3 Å². The predicted octanol–water partition coefficient (Wildman–Crippen LogP) is 3.73. The van der Waals surface area contributed by atoms with Gasteiger partial charge in [-0.05, 0) is 18.2 Å². The molecule has 0 unspecified atom stereocenters. The molecular formula is C13H7F4NO3. The highest BCUT2D eigenvalue weighted by atomic mass is 19.4. The maximum atomic E-state index is 13.1. The Morgan fingerprint density at radius 1 is 1.19 bits per heavy atom. The molecule has 0 saturated carbocycles. The topological polar surface area (TPSA) is 59.4 Å². The van der Waals surface area contributed by atoms with Gasteiger partial charge in [0.15, 0.2) is 0 Å². The lowest BCUT2D eigenvalue weighted by molar-refractivity contribution is -0.137. The third-order valence-corrected chi connectivity index (χ3v) is 2.45. The molecule has 110 valence electrons. The monoisotopic (exact) mass is 301 g/mol. The summed E-state index contributed by atoms with van der Waals surface area (Å²) in [7, 11) is 0. The molecule has 1 aromatic heterocycles.